The van der Waals surface area contributed by atoms with Crippen LogP contribution in [0, 0.1) is 19.8 Å². The molecular weight excluding hydrogens is 460 g/mol. The standard InChI is InChI=1S/C27H29ClN6O/c1-14-5-8-19-21(9-14)16(3)35-23-10-18(12-30-27(23)29)25-20(11-22-24(19)32-33(4)26(22)28)15(2)31-34(25)13-17-6-7-17/h5,8-10,12,16-17H,6-7,11,13H2,1-4H3,(H2,29,30). The maximum Gasteiger partial charge on any atom is 0.166 e. The summed E-state index contributed by atoms with van der Waals surface area (Å²) in [5.41, 5.74) is 15.5. The Morgan fingerprint density at radius 3 is 2.71 bits per heavy atom. The fourth-order valence-corrected chi connectivity index (χ4v) is 5.29. The van der Waals surface area contributed by atoms with E-state index < -0.39 is 0 Å². The van der Waals surface area contributed by atoms with Crippen LogP contribution in [0.4, 0.5) is 5.82 Å². The molecule has 6 rings (SSSR count). The number of benzene rings is 1. The van der Waals surface area contributed by atoms with E-state index in [1.165, 1.54) is 12.8 Å². The minimum atomic E-state index is -0.269. The molecule has 1 aliphatic heterocycles. The number of rotatable bonds is 2. The predicted molar refractivity (Wildman–Crippen MR) is 138 cm³/mol. The number of fused-ring (bicyclic) bond motifs is 7. The molecule has 4 heterocycles. The quantitative estimate of drug-likeness (QED) is 0.394. The first-order chi connectivity index (χ1) is 16.8. The Morgan fingerprint density at radius 2 is 1.94 bits per heavy atom. The average Bonchev–Trinajstić information content (AvgIpc) is 3.53. The van der Waals surface area contributed by atoms with Crippen molar-refractivity contribution in [3.8, 4) is 28.3 Å². The van der Waals surface area contributed by atoms with E-state index in [1.54, 1.807) is 4.68 Å². The minimum absolute atomic E-state index is 0.269. The molecule has 0 spiro atoms. The third-order valence-electron chi connectivity index (χ3n) is 7.16. The highest BCUT2D eigenvalue weighted by molar-refractivity contribution is 6.30. The van der Waals surface area contributed by atoms with Gasteiger partial charge in [0.25, 0.3) is 0 Å². The first-order valence-electron chi connectivity index (χ1n) is 12.1. The van der Waals surface area contributed by atoms with Gasteiger partial charge in [-0.05, 0) is 45.6 Å². The van der Waals surface area contributed by atoms with Crippen molar-refractivity contribution in [2.24, 2.45) is 13.0 Å². The van der Waals surface area contributed by atoms with Crippen LogP contribution < -0.4 is 10.5 Å². The summed E-state index contributed by atoms with van der Waals surface area (Å²) in [5.74, 6) is 1.62. The summed E-state index contributed by atoms with van der Waals surface area (Å²) in [7, 11) is 1.89. The van der Waals surface area contributed by atoms with E-state index in [0.717, 1.165) is 57.0 Å². The number of aromatic nitrogens is 5. The molecule has 0 amide bonds. The summed E-state index contributed by atoms with van der Waals surface area (Å²) in [6.45, 7) is 7.08. The van der Waals surface area contributed by atoms with Crippen molar-refractivity contribution in [3.63, 3.8) is 0 Å². The van der Waals surface area contributed by atoms with Gasteiger partial charge in [0.2, 0.25) is 0 Å². The van der Waals surface area contributed by atoms with Gasteiger partial charge in [0.05, 0.1) is 17.1 Å². The first kappa shape index (κ1) is 22.2. The Morgan fingerprint density at radius 1 is 1.14 bits per heavy atom. The molecule has 0 radical (unpaired) electrons. The van der Waals surface area contributed by atoms with Gasteiger partial charge in [0.15, 0.2) is 11.6 Å². The molecule has 2 N–H and O–H groups in total. The third kappa shape index (κ3) is 3.78. The average molecular weight is 489 g/mol. The second-order valence-corrected chi connectivity index (χ2v) is 10.3. The molecule has 2 bridgehead atoms. The highest BCUT2D eigenvalue weighted by Gasteiger charge is 2.29. The smallest absolute Gasteiger partial charge is 0.166 e. The van der Waals surface area contributed by atoms with Crippen LogP contribution >= 0.6 is 11.6 Å². The number of hydrogen-bond acceptors (Lipinski definition) is 5. The van der Waals surface area contributed by atoms with Gasteiger partial charge >= 0.3 is 0 Å². The van der Waals surface area contributed by atoms with E-state index >= 15 is 0 Å². The van der Waals surface area contributed by atoms with Crippen LogP contribution in [0.25, 0.3) is 22.5 Å². The highest BCUT2D eigenvalue weighted by Crippen LogP contribution is 2.41. The normalized spacial score (nSPS) is 17.0. The number of hydrogen-bond donors (Lipinski definition) is 1. The van der Waals surface area contributed by atoms with Gasteiger partial charge in [-0.2, -0.15) is 10.2 Å². The van der Waals surface area contributed by atoms with Gasteiger partial charge in [-0.25, -0.2) is 4.98 Å². The van der Waals surface area contributed by atoms with Crippen molar-refractivity contribution < 1.29 is 4.74 Å². The Balaban J connectivity index is 1.65. The fourth-order valence-electron chi connectivity index (χ4n) is 5.09. The van der Waals surface area contributed by atoms with Crippen LogP contribution in [0.5, 0.6) is 5.75 Å². The number of nitrogens with zero attached hydrogens (tertiary/aromatic N) is 5. The van der Waals surface area contributed by atoms with Crippen molar-refractivity contribution in [2.45, 2.75) is 52.7 Å². The Kier molecular flexibility index (Phi) is 5.14. The van der Waals surface area contributed by atoms with Crippen molar-refractivity contribution in [3.05, 3.63) is 63.6 Å². The van der Waals surface area contributed by atoms with Crippen molar-refractivity contribution in [1.29, 1.82) is 0 Å². The number of ether oxygens (including phenoxy) is 1. The third-order valence-corrected chi connectivity index (χ3v) is 7.63. The van der Waals surface area contributed by atoms with Crippen molar-refractivity contribution >= 4 is 17.4 Å². The lowest BCUT2D eigenvalue weighted by molar-refractivity contribution is 0.228. The van der Waals surface area contributed by atoms with Gasteiger partial charge in [-0.1, -0.05) is 35.4 Å². The number of pyridine rings is 1. The zero-order chi connectivity index (χ0) is 24.4. The van der Waals surface area contributed by atoms with Gasteiger partial charge in [-0.3, -0.25) is 9.36 Å². The molecule has 35 heavy (non-hydrogen) atoms. The summed E-state index contributed by atoms with van der Waals surface area (Å²) >= 11 is 6.87. The molecule has 1 aromatic carbocycles. The summed E-state index contributed by atoms with van der Waals surface area (Å²) in [6, 6.07) is 8.37. The largest absolute Gasteiger partial charge is 0.482 e. The van der Waals surface area contributed by atoms with Crippen LogP contribution in [-0.4, -0.2) is 24.5 Å². The number of nitrogens with two attached hydrogens (primary N) is 1. The maximum atomic E-state index is 6.87. The minimum Gasteiger partial charge on any atom is -0.482 e. The Bertz CT molecular complexity index is 1470. The van der Waals surface area contributed by atoms with Crippen LogP contribution in [0.3, 0.4) is 0 Å². The van der Waals surface area contributed by atoms with E-state index in [0.29, 0.717) is 29.1 Å². The fraction of sp³-hybridized carbons (Fsp3) is 0.370. The summed E-state index contributed by atoms with van der Waals surface area (Å²) in [4.78, 5) is 4.52. The van der Waals surface area contributed by atoms with Gasteiger partial charge in [-0.15, -0.1) is 0 Å². The summed E-state index contributed by atoms with van der Waals surface area (Å²) < 4.78 is 10.4. The molecule has 1 aliphatic carbocycles. The number of aryl methyl sites for hydroxylation is 3. The summed E-state index contributed by atoms with van der Waals surface area (Å²) in [6.07, 6.45) is 4.67. The predicted octanol–water partition coefficient (Wildman–Crippen LogP) is 5.65. The zero-order valence-corrected chi connectivity index (χ0v) is 21.2. The SMILES string of the molecule is Cc1ccc2c(c1)C(C)Oc1cc(cnc1N)-c1c(c(C)nn1CC1CC1)Cc1c-2nn(C)c1Cl. The molecule has 1 unspecified atom stereocenters. The second-order valence-electron chi connectivity index (χ2n) is 9.91. The lowest BCUT2D eigenvalue weighted by Gasteiger charge is -2.21. The molecule has 4 aromatic rings. The number of anilines is 1. The van der Waals surface area contributed by atoms with Crippen LogP contribution in [0.2, 0.25) is 5.15 Å². The molecule has 7 nitrogen and oxygen atoms in total. The van der Waals surface area contributed by atoms with Gasteiger partial charge in [0, 0.05) is 54.0 Å². The van der Waals surface area contributed by atoms with Gasteiger partial charge < -0.3 is 10.5 Å². The van der Waals surface area contributed by atoms with E-state index in [2.05, 4.69) is 41.7 Å². The van der Waals surface area contributed by atoms with Crippen molar-refractivity contribution in [2.75, 3.05) is 5.73 Å². The molecule has 1 atom stereocenters. The van der Waals surface area contributed by atoms with E-state index in [1.807, 2.05) is 26.2 Å². The lowest BCUT2D eigenvalue weighted by Crippen LogP contribution is -2.10. The first-order valence-corrected chi connectivity index (χ1v) is 12.5. The molecule has 0 saturated heterocycles. The highest BCUT2D eigenvalue weighted by atomic mass is 35.5. The van der Waals surface area contributed by atoms with Crippen LogP contribution in [-0.2, 0) is 20.0 Å². The lowest BCUT2D eigenvalue weighted by atomic mass is 9.93. The molecule has 1 fully saturated rings. The van der Waals surface area contributed by atoms with Gasteiger partial charge in [0.1, 0.15) is 11.3 Å². The number of nitrogen functional groups attached to an aromatic ring is 1. The van der Waals surface area contributed by atoms with E-state index in [4.69, 9.17) is 32.3 Å². The van der Waals surface area contributed by atoms with E-state index in [9.17, 15) is 0 Å². The molecule has 2 aliphatic rings. The Hall–Kier alpha value is -3.32. The molecule has 1 saturated carbocycles. The molecule has 8 heteroatoms. The number of halogens is 1. The monoisotopic (exact) mass is 488 g/mol. The Labute approximate surface area is 209 Å². The molecule has 180 valence electrons. The van der Waals surface area contributed by atoms with Crippen molar-refractivity contribution in [1.82, 2.24) is 24.5 Å². The van der Waals surface area contributed by atoms with Crippen LogP contribution in [0.15, 0.2) is 30.5 Å². The molecular formula is C27H29ClN6O. The van der Waals surface area contributed by atoms with Crippen LogP contribution in [0.1, 0.15) is 53.8 Å². The maximum absolute atomic E-state index is 6.87. The second kappa shape index (κ2) is 8.12. The topological polar surface area (TPSA) is 83.8 Å². The van der Waals surface area contributed by atoms with E-state index in [-0.39, 0.29) is 6.10 Å². The summed E-state index contributed by atoms with van der Waals surface area (Å²) in [5, 5.41) is 10.5. The zero-order valence-electron chi connectivity index (χ0n) is 20.5. The molecule has 3 aromatic heterocycles.